The van der Waals surface area contributed by atoms with Crippen molar-refractivity contribution in [1.82, 2.24) is 0 Å². The second kappa shape index (κ2) is 19.0. The van der Waals surface area contributed by atoms with Gasteiger partial charge in [0.2, 0.25) is 0 Å². The number of hydrogen-bond donors (Lipinski definition) is 1. The second-order valence-corrected chi connectivity index (χ2v) is 9.20. The smallest absolute Gasteiger partial charge is 0.344 e. The molecule has 0 aromatic heterocycles. The molecule has 0 atom stereocenters. The van der Waals surface area contributed by atoms with Crippen LogP contribution in [0.3, 0.4) is 0 Å². The fourth-order valence-corrected chi connectivity index (χ4v) is 1.90. The Morgan fingerprint density at radius 2 is 1.08 bits per heavy atom. The number of hydrogen-bond acceptors (Lipinski definition) is 11. The molecule has 214 valence electrons. The zero-order valence-corrected chi connectivity index (χ0v) is 23.0. The van der Waals surface area contributed by atoms with Crippen molar-refractivity contribution in [3.8, 4) is 0 Å². The third-order valence-corrected chi connectivity index (χ3v) is 5.33. The number of methoxy groups -OCH3 is 1. The van der Waals surface area contributed by atoms with Gasteiger partial charge in [0.15, 0.2) is 6.61 Å². The molecular formula is C25H42O12. The summed E-state index contributed by atoms with van der Waals surface area (Å²) in [4.78, 5) is 66.2. The van der Waals surface area contributed by atoms with Crippen LogP contribution in [0.4, 0.5) is 0 Å². The summed E-state index contributed by atoms with van der Waals surface area (Å²) in [6.07, 6.45) is 1.37. The highest BCUT2D eigenvalue weighted by molar-refractivity contribution is 5.77. The average Bonchev–Trinajstić information content (AvgIpc) is 2.86. The van der Waals surface area contributed by atoms with Crippen molar-refractivity contribution >= 4 is 35.8 Å². The minimum atomic E-state index is -1.05. The topological polar surface area (TPSA) is 169 Å². The van der Waals surface area contributed by atoms with E-state index in [-0.39, 0.29) is 51.0 Å². The number of carbonyl (C=O) groups is 6. The Hall–Kier alpha value is -3.18. The molecule has 0 fully saturated rings. The molecule has 12 heteroatoms. The van der Waals surface area contributed by atoms with E-state index in [4.69, 9.17) is 19.3 Å². The Balaban J connectivity index is 0. The van der Waals surface area contributed by atoms with E-state index in [2.05, 4.69) is 9.47 Å². The molecule has 37 heavy (non-hydrogen) atoms. The van der Waals surface area contributed by atoms with Gasteiger partial charge in [-0.25, -0.2) is 4.79 Å². The van der Waals surface area contributed by atoms with Crippen LogP contribution in [0.25, 0.3) is 0 Å². The molecule has 0 spiro atoms. The number of esters is 5. The van der Waals surface area contributed by atoms with E-state index in [9.17, 15) is 28.8 Å². The molecule has 0 amide bonds. The number of carboxylic acids is 1. The summed E-state index contributed by atoms with van der Waals surface area (Å²) in [5, 5.41) is 8.35. The third kappa shape index (κ3) is 18.7. The second-order valence-electron chi connectivity index (χ2n) is 9.20. The molecule has 0 saturated carbocycles. The molecule has 0 saturated heterocycles. The molecule has 0 heterocycles. The van der Waals surface area contributed by atoms with Crippen molar-refractivity contribution < 1.29 is 57.6 Å². The van der Waals surface area contributed by atoms with Gasteiger partial charge in [-0.2, -0.15) is 0 Å². The van der Waals surface area contributed by atoms with Crippen LogP contribution in [0.5, 0.6) is 0 Å². The first-order chi connectivity index (χ1) is 17.1. The highest BCUT2D eigenvalue weighted by Crippen LogP contribution is 2.22. The van der Waals surface area contributed by atoms with Crippen LogP contribution in [-0.2, 0) is 52.5 Å². The van der Waals surface area contributed by atoms with Crippen LogP contribution in [0.2, 0.25) is 0 Å². The number of ether oxygens (including phenoxy) is 5. The maximum Gasteiger partial charge on any atom is 0.344 e. The first-order valence-corrected chi connectivity index (χ1v) is 12.1. The Morgan fingerprint density at radius 1 is 0.622 bits per heavy atom. The molecule has 0 aromatic rings. The lowest BCUT2D eigenvalue weighted by molar-refractivity contribution is -0.159. The number of carbonyl (C=O) groups excluding carboxylic acids is 5. The van der Waals surface area contributed by atoms with E-state index < -0.39 is 41.3 Å². The van der Waals surface area contributed by atoms with Gasteiger partial charge in [0.1, 0.15) is 13.2 Å². The summed E-state index contributed by atoms with van der Waals surface area (Å²) in [6, 6.07) is 0. The van der Waals surface area contributed by atoms with E-state index in [1.54, 1.807) is 27.7 Å². The van der Waals surface area contributed by atoms with E-state index >= 15 is 0 Å². The fourth-order valence-electron chi connectivity index (χ4n) is 1.90. The molecule has 0 unspecified atom stereocenters. The Morgan fingerprint density at radius 3 is 1.54 bits per heavy atom. The van der Waals surface area contributed by atoms with Gasteiger partial charge in [-0.15, -0.1) is 0 Å². The van der Waals surface area contributed by atoms with Crippen molar-refractivity contribution in [1.29, 1.82) is 0 Å². The van der Waals surface area contributed by atoms with Crippen LogP contribution in [0.15, 0.2) is 0 Å². The molecule has 0 bridgehead atoms. The maximum absolute atomic E-state index is 11.6. The van der Waals surface area contributed by atoms with Crippen LogP contribution < -0.4 is 0 Å². The summed E-state index contributed by atoms with van der Waals surface area (Å²) in [5.41, 5.74) is -1.06. The summed E-state index contributed by atoms with van der Waals surface area (Å²) < 4.78 is 23.7. The van der Waals surface area contributed by atoms with Crippen LogP contribution in [-0.4, -0.2) is 74.5 Å². The van der Waals surface area contributed by atoms with Gasteiger partial charge in [-0.3, -0.25) is 24.0 Å². The first-order valence-electron chi connectivity index (χ1n) is 12.1. The SMILES string of the molecule is CCC(C)(C)C(=O)OCCCC(=O)OCC(=O)OC.CCC(C)(C)C(=O)OCCOC(=O)CCC(=O)O. The van der Waals surface area contributed by atoms with Gasteiger partial charge in [0.05, 0.1) is 37.4 Å². The standard InChI is InChI=1S/C13H22O6.C12H20O6/c1-5-13(2,3)12(16)18-8-6-7-10(14)19-9-11(15)17-4;1-4-12(2,3)11(16)18-8-7-17-10(15)6-5-9(13)14/h5-9H2,1-4H3;4-8H2,1-3H3,(H,13,14). The summed E-state index contributed by atoms with van der Waals surface area (Å²) in [6.45, 7) is 10.7. The minimum absolute atomic E-state index is 0.0128. The number of rotatable bonds is 16. The monoisotopic (exact) mass is 534 g/mol. The Kier molecular flexibility index (Phi) is 18.5. The summed E-state index contributed by atoms with van der Waals surface area (Å²) in [5.74, 6) is -3.41. The van der Waals surface area contributed by atoms with E-state index in [1.165, 1.54) is 7.11 Å². The number of carboxylic acid groups (broad SMARTS) is 1. The fraction of sp³-hybridized carbons (Fsp3) is 0.760. The molecule has 12 nitrogen and oxygen atoms in total. The summed E-state index contributed by atoms with van der Waals surface area (Å²) in [7, 11) is 1.21. The van der Waals surface area contributed by atoms with Gasteiger partial charge >= 0.3 is 35.8 Å². The van der Waals surface area contributed by atoms with Gasteiger partial charge in [0.25, 0.3) is 0 Å². The van der Waals surface area contributed by atoms with Crippen molar-refractivity contribution in [3.05, 3.63) is 0 Å². The molecule has 0 aliphatic heterocycles. The van der Waals surface area contributed by atoms with E-state index in [0.29, 0.717) is 19.3 Å². The largest absolute Gasteiger partial charge is 0.481 e. The van der Waals surface area contributed by atoms with Crippen molar-refractivity contribution in [3.63, 3.8) is 0 Å². The van der Waals surface area contributed by atoms with Gasteiger partial charge in [-0.05, 0) is 47.0 Å². The molecule has 0 aliphatic rings. The predicted molar refractivity (Wildman–Crippen MR) is 130 cm³/mol. The lowest BCUT2D eigenvalue weighted by Crippen LogP contribution is -2.27. The van der Waals surface area contributed by atoms with Crippen LogP contribution in [0.1, 0.15) is 80.1 Å². The van der Waals surface area contributed by atoms with Crippen LogP contribution in [0, 0.1) is 10.8 Å². The highest BCUT2D eigenvalue weighted by Gasteiger charge is 2.27. The number of aliphatic carboxylic acids is 1. The van der Waals surface area contributed by atoms with Gasteiger partial charge in [0, 0.05) is 6.42 Å². The Labute approximate surface area is 218 Å². The Bertz CT molecular complexity index is 755. The van der Waals surface area contributed by atoms with E-state index in [1.807, 2.05) is 13.8 Å². The molecule has 0 radical (unpaired) electrons. The average molecular weight is 535 g/mol. The van der Waals surface area contributed by atoms with Gasteiger partial charge < -0.3 is 28.8 Å². The molecule has 0 rings (SSSR count). The molecule has 0 aliphatic carbocycles. The zero-order chi connectivity index (χ0) is 29.1. The lowest BCUT2D eigenvalue weighted by Gasteiger charge is -2.20. The molecule has 1 N–H and O–H groups in total. The van der Waals surface area contributed by atoms with E-state index in [0.717, 1.165) is 0 Å². The van der Waals surface area contributed by atoms with Crippen LogP contribution >= 0.6 is 0 Å². The predicted octanol–water partition coefficient (Wildman–Crippen LogP) is 2.84. The normalized spacial score (nSPS) is 10.8. The summed E-state index contributed by atoms with van der Waals surface area (Å²) >= 11 is 0. The third-order valence-electron chi connectivity index (χ3n) is 5.33. The molecular weight excluding hydrogens is 492 g/mol. The van der Waals surface area contributed by atoms with Crippen molar-refractivity contribution in [2.45, 2.75) is 80.1 Å². The lowest BCUT2D eigenvalue weighted by atomic mass is 9.91. The van der Waals surface area contributed by atoms with Crippen molar-refractivity contribution in [2.24, 2.45) is 10.8 Å². The van der Waals surface area contributed by atoms with Gasteiger partial charge in [-0.1, -0.05) is 13.8 Å². The molecule has 0 aromatic carbocycles. The first kappa shape index (κ1) is 36.0. The zero-order valence-electron chi connectivity index (χ0n) is 23.0. The highest BCUT2D eigenvalue weighted by atomic mass is 16.6. The quantitative estimate of drug-likeness (QED) is 0.175. The minimum Gasteiger partial charge on any atom is -0.481 e. The van der Waals surface area contributed by atoms with Crippen molar-refractivity contribution in [2.75, 3.05) is 33.5 Å². The maximum atomic E-state index is 11.6.